The molecule has 2 rings (SSSR count). The van der Waals surface area contributed by atoms with Crippen LogP contribution in [-0.2, 0) is 9.53 Å². The van der Waals surface area contributed by atoms with E-state index in [9.17, 15) is 4.79 Å². The monoisotopic (exact) mass is 256 g/mol. The predicted octanol–water partition coefficient (Wildman–Crippen LogP) is 3.86. The summed E-state index contributed by atoms with van der Waals surface area (Å²) in [6, 6.07) is 10.4. The van der Waals surface area contributed by atoms with Crippen molar-refractivity contribution >= 4 is 5.97 Å². The Morgan fingerprint density at radius 2 is 2.11 bits per heavy atom. The maximum Gasteiger partial charge on any atom is 0.334 e. The van der Waals surface area contributed by atoms with Gasteiger partial charge in [0.15, 0.2) is 0 Å². The molecule has 0 saturated heterocycles. The Morgan fingerprint density at radius 3 is 2.79 bits per heavy atom. The van der Waals surface area contributed by atoms with Gasteiger partial charge in [-0.05, 0) is 30.7 Å². The van der Waals surface area contributed by atoms with Gasteiger partial charge in [0.05, 0.1) is 6.61 Å². The van der Waals surface area contributed by atoms with E-state index in [0.717, 1.165) is 12.0 Å². The molecule has 0 amide bonds. The fourth-order valence-electron chi connectivity index (χ4n) is 2.43. The minimum Gasteiger partial charge on any atom is -0.463 e. The van der Waals surface area contributed by atoms with Gasteiger partial charge in [-0.15, -0.1) is 0 Å². The van der Waals surface area contributed by atoms with Crippen LogP contribution in [0.25, 0.3) is 0 Å². The molecule has 2 nitrogen and oxygen atoms in total. The molecule has 1 aliphatic rings. The van der Waals surface area contributed by atoms with E-state index in [4.69, 9.17) is 4.74 Å². The van der Waals surface area contributed by atoms with Crippen molar-refractivity contribution in [3.63, 3.8) is 0 Å². The van der Waals surface area contributed by atoms with Gasteiger partial charge in [0.2, 0.25) is 0 Å². The highest BCUT2D eigenvalue weighted by molar-refractivity contribution is 5.89. The van der Waals surface area contributed by atoms with Crippen molar-refractivity contribution in [2.24, 2.45) is 5.92 Å². The average Bonchev–Trinajstić information content (AvgIpc) is 2.48. The lowest BCUT2D eigenvalue weighted by Crippen LogP contribution is -2.16. The van der Waals surface area contributed by atoms with Crippen LogP contribution < -0.4 is 0 Å². The zero-order valence-electron chi connectivity index (χ0n) is 11.5. The average molecular weight is 256 g/mol. The van der Waals surface area contributed by atoms with Crippen LogP contribution >= 0.6 is 0 Å². The molecular weight excluding hydrogens is 236 g/mol. The number of hydrogen-bond acceptors (Lipinski definition) is 2. The van der Waals surface area contributed by atoms with Crippen LogP contribution in [0.5, 0.6) is 0 Å². The molecule has 0 radical (unpaired) electrons. The molecule has 0 fully saturated rings. The standard InChI is InChI=1S/C17H20O2/c1-3-19-17(18)16-11-7-10-15(12-16)13(2)14-8-5-4-6-9-14/h4-11,13,15H,3,12H2,1-2H3/t13-,15?/m1/s1. The van der Waals surface area contributed by atoms with Gasteiger partial charge in [0, 0.05) is 5.57 Å². The third-order valence-corrected chi connectivity index (χ3v) is 3.62. The van der Waals surface area contributed by atoms with E-state index < -0.39 is 0 Å². The van der Waals surface area contributed by atoms with E-state index >= 15 is 0 Å². The van der Waals surface area contributed by atoms with Crippen molar-refractivity contribution in [2.75, 3.05) is 6.61 Å². The summed E-state index contributed by atoms with van der Waals surface area (Å²) < 4.78 is 5.07. The largest absolute Gasteiger partial charge is 0.463 e. The summed E-state index contributed by atoms with van der Waals surface area (Å²) in [5, 5.41) is 0. The number of rotatable bonds is 4. The molecule has 1 unspecified atom stereocenters. The van der Waals surface area contributed by atoms with Crippen molar-refractivity contribution in [2.45, 2.75) is 26.2 Å². The highest BCUT2D eigenvalue weighted by Gasteiger charge is 2.23. The van der Waals surface area contributed by atoms with Gasteiger partial charge >= 0.3 is 5.97 Å². The molecule has 0 saturated carbocycles. The van der Waals surface area contributed by atoms with Gasteiger partial charge in [-0.25, -0.2) is 4.79 Å². The van der Waals surface area contributed by atoms with Crippen LogP contribution in [0, 0.1) is 5.92 Å². The maximum atomic E-state index is 11.8. The second kappa shape index (κ2) is 6.37. The minimum absolute atomic E-state index is 0.183. The molecule has 0 aromatic heterocycles. The van der Waals surface area contributed by atoms with Crippen LogP contribution in [0.3, 0.4) is 0 Å². The lowest BCUT2D eigenvalue weighted by molar-refractivity contribution is -0.138. The van der Waals surface area contributed by atoms with Crippen molar-refractivity contribution in [1.82, 2.24) is 0 Å². The van der Waals surface area contributed by atoms with E-state index in [-0.39, 0.29) is 5.97 Å². The summed E-state index contributed by atoms with van der Waals surface area (Å²) in [6.07, 6.45) is 6.78. The third-order valence-electron chi connectivity index (χ3n) is 3.62. The summed E-state index contributed by atoms with van der Waals surface area (Å²) in [7, 11) is 0. The Balaban J connectivity index is 2.06. The number of allylic oxidation sites excluding steroid dienone is 3. The summed E-state index contributed by atoms with van der Waals surface area (Å²) in [5.74, 6) is 0.569. The van der Waals surface area contributed by atoms with E-state index in [1.165, 1.54) is 5.56 Å². The Kier molecular flexibility index (Phi) is 4.56. The summed E-state index contributed by atoms with van der Waals surface area (Å²) in [6.45, 7) is 4.47. The van der Waals surface area contributed by atoms with Gasteiger partial charge in [-0.1, -0.05) is 55.5 Å². The first-order valence-corrected chi connectivity index (χ1v) is 6.81. The third kappa shape index (κ3) is 3.34. The molecule has 0 heterocycles. The highest BCUT2D eigenvalue weighted by Crippen LogP contribution is 2.32. The zero-order valence-corrected chi connectivity index (χ0v) is 11.5. The molecule has 0 aliphatic heterocycles. The zero-order chi connectivity index (χ0) is 13.7. The molecular formula is C17H20O2. The van der Waals surface area contributed by atoms with Crippen LogP contribution in [0.1, 0.15) is 31.7 Å². The molecule has 2 atom stereocenters. The quantitative estimate of drug-likeness (QED) is 0.765. The number of hydrogen-bond donors (Lipinski definition) is 0. The normalized spacial score (nSPS) is 19.7. The number of esters is 1. The second-order valence-corrected chi connectivity index (χ2v) is 4.86. The molecule has 2 heteroatoms. The number of carbonyl (C=O) groups excluding carboxylic acids is 1. The van der Waals surface area contributed by atoms with Gasteiger partial charge in [0.1, 0.15) is 0 Å². The van der Waals surface area contributed by atoms with E-state index in [2.05, 4.69) is 37.3 Å². The lowest BCUT2D eigenvalue weighted by atomic mass is 9.81. The fraction of sp³-hybridized carbons (Fsp3) is 0.353. The van der Waals surface area contributed by atoms with Crippen LogP contribution in [-0.4, -0.2) is 12.6 Å². The van der Waals surface area contributed by atoms with Gasteiger partial charge in [0.25, 0.3) is 0 Å². The van der Waals surface area contributed by atoms with Crippen molar-refractivity contribution in [3.05, 3.63) is 59.7 Å². The van der Waals surface area contributed by atoms with E-state index in [1.54, 1.807) is 0 Å². The number of benzene rings is 1. The van der Waals surface area contributed by atoms with Crippen LogP contribution in [0.2, 0.25) is 0 Å². The molecule has 0 bridgehead atoms. The van der Waals surface area contributed by atoms with Gasteiger partial charge in [-0.3, -0.25) is 0 Å². The van der Waals surface area contributed by atoms with Crippen molar-refractivity contribution in [3.8, 4) is 0 Å². The second-order valence-electron chi connectivity index (χ2n) is 4.86. The molecule has 100 valence electrons. The summed E-state index contributed by atoms with van der Waals surface area (Å²) in [5.41, 5.74) is 2.08. The van der Waals surface area contributed by atoms with Crippen LogP contribution in [0.15, 0.2) is 54.1 Å². The molecule has 19 heavy (non-hydrogen) atoms. The summed E-state index contributed by atoms with van der Waals surface area (Å²) >= 11 is 0. The van der Waals surface area contributed by atoms with E-state index in [1.807, 2.05) is 25.1 Å². The Morgan fingerprint density at radius 1 is 1.37 bits per heavy atom. The molecule has 0 N–H and O–H groups in total. The van der Waals surface area contributed by atoms with Gasteiger partial charge in [-0.2, -0.15) is 0 Å². The Hall–Kier alpha value is -1.83. The minimum atomic E-state index is -0.183. The fourth-order valence-corrected chi connectivity index (χ4v) is 2.43. The van der Waals surface area contributed by atoms with Gasteiger partial charge < -0.3 is 4.74 Å². The molecule has 1 aromatic rings. The summed E-state index contributed by atoms with van der Waals surface area (Å²) in [4.78, 5) is 11.8. The Labute approximate surface area is 114 Å². The maximum absolute atomic E-state index is 11.8. The van der Waals surface area contributed by atoms with Crippen molar-refractivity contribution < 1.29 is 9.53 Å². The predicted molar refractivity (Wildman–Crippen MR) is 76.8 cm³/mol. The van der Waals surface area contributed by atoms with E-state index in [0.29, 0.717) is 18.4 Å². The smallest absolute Gasteiger partial charge is 0.334 e. The SMILES string of the molecule is CCOC(=O)C1=CC=CC([C@H](C)c2ccccc2)C1. The van der Waals surface area contributed by atoms with Crippen LogP contribution in [0.4, 0.5) is 0 Å². The topological polar surface area (TPSA) is 26.3 Å². The first kappa shape index (κ1) is 13.6. The number of ether oxygens (including phenoxy) is 1. The first-order valence-electron chi connectivity index (χ1n) is 6.81. The molecule has 0 spiro atoms. The first-order chi connectivity index (χ1) is 9.22. The Bertz CT molecular complexity index is 485. The lowest BCUT2D eigenvalue weighted by Gasteiger charge is -2.24. The molecule has 1 aliphatic carbocycles. The highest BCUT2D eigenvalue weighted by atomic mass is 16.5. The number of carbonyl (C=O) groups is 1. The van der Waals surface area contributed by atoms with Crippen molar-refractivity contribution in [1.29, 1.82) is 0 Å². The molecule has 1 aromatic carbocycles.